The first-order valence-corrected chi connectivity index (χ1v) is 9.47. The predicted octanol–water partition coefficient (Wildman–Crippen LogP) is 3.55. The number of amides is 1. The molecule has 0 bridgehead atoms. The van der Waals surface area contributed by atoms with Gasteiger partial charge in [0.25, 0.3) is 5.91 Å². The van der Waals surface area contributed by atoms with E-state index in [0.717, 1.165) is 12.1 Å². The maximum atomic E-state index is 12.9. The van der Waals surface area contributed by atoms with Crippen LogP contribution in [0.2, 0.25) is 5.02 Å². The number of nitrogens with zero attached hydrogens (tertiary/aromatic N) is 3. The fourth-order valence-electron chi connectivity index (χ4n) is 3.04. The Balaban J connectivity index is 1.47. The molecule has 2 heterocycles. The van der Waals surface area contributed by atoms with E-state index in [1.807, 2.05) is 4.90 Å². The van der Waals surface area contributed by atoms with Gasteiger partial charge in [-0.2, -0.15) is 13.2 Å². The summed E-state index contributed by atoms with van der Waals surface area (Å²) in [4.78, 5) is 34.5. The molecular weight excluding hydrogens is 425 g/mol. The van der Waals surface area contributed by atoms with Gasteiger partial charge in [-0.25, -0.2) is 9.97 Å². The Morgan fingerprint density at radius 2 is 1.87 bits per heavy atom. The molecule has 0 unspecified atom stereocenters. The lowest BCUT2D eigenvalue weighted by Gasteiger charge is -2.30. The van der Waals surface area contributed by atoms with Crippen molar-refractivity contribution in [1.82, 2.24) is 9.97 Å². The monoisotopic (exact) mass is 442 g/mol. The number of esters is 1. The molecule has 160 valence electrons. The Kier molecular flexibility index (Phi) is 6.76. The van der Waals surface area contributed by atoms with E-state index in [4.69, 9.17) is 16.3 Å². The third kappa shape index (κ3) is 5.59. The second-order valence-corrected chi connectivity index (χ2v) is 7.07. The predicted molar refractivity (Wildman–Crippen MR) is 103 cm³/mol. The van der Waals surface area contributed by atoms with Gasteiger partial charge >= 0.3 is 12.1 Å². The van der Waals surface area contributed by atoms with E-state index in [2.05, 4.69) is 15.3 Å². The first-order valence-electron chi connectivity index (χ1n) is 9.09. The molecule has 0 aliphatic carbocycles. The third-order valence-electron chi connectivity index (χ3n) is 4.56. The Labute approximate surface area is 175 Å². The molecular formula is C19H18ClF3N4O3. The Morgan fingerprint density at radius 3 is 2.50 bits per heavy atom. The van der Waals surface area contributed by atoms with Crippen LogP contribution in [0.15, 0.2) is 36.7 Å². The maximum absolute atomic E-state index is 12.9. The van der Waals surface area contributed by atoms with Crippen LogP contribution in [-0.2, 0) is 20.5 Å². The number of benzene rings is 1. The van der Waals surface area contributed by atoms with Gasteiger partial charge in [-0.05, 0) is 37.1 Å². The maximum Gasteiger partial charge on any atom is 0.417 e. The number of carbonyl (C=O) groups excluding carboxylic acids is 2. The van der Waals surface area contributed by atoms with Gasteiger partial charge in [0.15, 0.2) is 6.61 Å². The van der Waals surface area contributed by atoms with Crippen LogP contribution in [0.25, 0.3) is 0 Å². The number of anilines is 2. The molecule has 0 atom stereocenters. The summed E-state index contributed by atoms with van der Waals surface area (Å²) in [6, 6.07) is 4.71. The molecule has 1 fully saturated rings. The van der Waals surface area contributed by atoms with E-state index in [9.17, 15) is 22.8 Å². The van der Waals surface area contributed by atoms with Crippen molar-refractivity contribution in [2.24, 2.45) is 5.92 Å². The molecule has 0 saturated carbocycles. The highest BCUT2D eigenvalue weighted by atomic mass is 35.5. The van der Waals surface area contributed by atoms with Crippen LogP contribution in [-0.4, -0.2) is 41.5 Å². The van der Waals surface area contributed by atoms with Crippen molar-refractivity contribution in [3.8, 4) is 0 Å². The standard InChI is InChI=1S/C19H18ClF3N4O3/c20-15-3-2-13(10-14(15)19(21,22)23)26-16(28)11-30-17(29)12-4-8-27(9-5-12)18-24-6-1-7-25-18/h1-3,6-7,10,12H,4-5,8-9,11H2,(H,26,28). The lowest BCUT2D eigenvalue weighted by atomic mass is 9.97. The van der Waals surface area contributed by atoms with Crippen molar-refractivity contribution in [3.63, 3.8) is 0 Å². The van der Waals surface area contributed by atoms with Crippen LogP contribution in [0.1, 0.15) is 18.4 Å². The number of piperidine rings is 1. The molecule has 1 aliphatic rings. The highest BCUT2D eigenvalue weighted by Gasteiger charge is 2.33. The van der Waals surface area contributed by atoms with Crippen molar-refractivity contribution in [1.29, 1.82) is 0 Å². The molecule has 0 spiro atoms. The molecule has 1 aliphatic heterocycles. The summed E-state index contributed by atoms with van der Waals surface area (Å²) in [5.74, 6) is -1.05. The fourth-order valence-corrected chi connectivity index (χ4v) is 3.27. The summed E-state index contributed by atoms with van der Waals surface area (Å²) in [5.41, 5.74) is -1.16. The Bertz CT molecular complexity index is 904. The number of halogens is 4. The summed E-state index contributed by atoms with van der Waals surface area (Å²) in [6.45, 7) is 0.548. The largest absolute Gasteiger partial charge is 0.455 e. The number of rotatable bonds is 5. The molecule has 7 nitrogen and oxygen atoms in total. The van der Waals surface area contributed by atoms with Crippen LogP contribution in [0.3, 0.4) is 0 Å². The zero-order valence-electron chi connectivity index (χ0n) is 15.7. The molecule has 2 aromatic rings. The lowest BCUT2D eigenvalue weighted by molar-refractivity contribution is -0.152. The first-order chi connectivity index (χ1) is 14.2. The summed E-state index contributed by atoms with van der Waals surface area (Å²) in [6.07, 6.45) is -0.334. The van der Waals surface area contributed by atoms with Crippen LogP contribution >= 0.6 is 11.6 Å². The Hall–Kier alpha value is -2.88. The minimum atomic E-state index is -4.65. The number of nitrogens with one attached hydrogen (secondary N) is 1. The van der Waals surface area contributed by atoms with Crippen LogP contribution in [0.5, 0.6) is 0 Å². The van der Waals surface area contributed by atoms with Crippen molar-refractivity contribution in [2.75, 3.05) is 29.9 Å². The van der Waals surface area contributed by atoms with Gasteiger partial charge in [-0.1, -0.05) is 11.6 Å². The van der Waals surface area contributed by atoms with Crippen LogP contribution in [0, 0.1) is 5.92 Å². The molecule has 3 rings (SSSR count). The van der Waals surface area contributed by atoms with Gasteiger partial charge < -0.3 is 15.0 Å². The number of carbonyl (C=O) groups is 2. The molecule has 0 radical (unpaired) electrons. The minimum Gasteiger partial charge on any atom is -0.455 e. The van der Waals surface area contributed by atoms with Crippen molar-refractivity contribution in [3.05, 3.63) is 47.2 Å². The van der Waals surface area contributed by atoms with E-state index in [0.29, 0.717) is 31.9 Å². The normalized spacial score (nSPS) is 15.0. The van der Waals surface area contributed by atoms with Gasteiger partial charge in [-0.3, -0.25) is 9.59 Å². The number of hydrogen-bond acceptors (Lipinski definition) is 6. The summed E-state index contributed by atoms with van der Waals surface area (Å²) >= 11 is 5.54. The van der Waals surface area contributed by atoms with Gasteiger partial charge in [0.1, 0.15) is 0 Å². The molecule has 1 N–H and O–H groups in total. The van der Waals surface area contributed by atoms with Crippen molar-refractivity contribution in [2.45, 2.75) is 19.0 Å². The summed E-state index contributed by atoms with van der Waals surface area (Å²) in [5, 5.41) is 1.80. The summed E-state index contributed by atoms with van der Waals surface area (Å²) < 4.78 is 43.7. The Morgan fingerprint density at radius 1 is 1.20 bits per heavy atom. The van der Waals surface area contributed by atoms with Crippen LogP contribution in [0.4, 0.5) is 24.8 Å². The highest BCUT2D eigenvalue weighted by Crippen LogP contribution is 2.36. The quantitative estimate of drug-likeness (QED) is 0.713. The summed E-state index contributed by atoms with van der Waals surface area (Å²) in [7, 11) is 0. The smallest absolute Gasteiger partial charge is 0.417 e. The average Bonchev–Trinajstić information content (AvgIpc) is 2.73. The zero-order chi connectivity index (χ0) is 21.7. The SMILES string of the molecule is O=C(COC(=O)C1CCN(c2ncccn2)CC1)Nc1ccc(Cl)c(C(F)(F)F)c1. The molecule has 1 amide bonds. The van der Waals surface area contributed by atoms with Gasteiger partial charge in [0.05, 0.1) is 16.5 Å². The van der Waals surface area contributed by atoms with Gasteiger partial charge in [0.2, 0.25) is 5.95 Å². The second kappa shape index (κ2) is 9.29. The first kappa shape index (κ1) is 21.8. The molecule has 11 heteroatoms. The van der Waals surface area contributed by atoms with Gasteiger partial charge in [0, 0.05) is 31.2 Å². The molecule has 1 saturated heterocycles. The number of ether oxygens (including phenoxy) is 1. The highest BCUT2D eigenvalue weighted by molar-refractivity contribution is 6.31. The number of hydrogen-bond donors (Lipinski definition) is 1. The van der Waals surface area contributed by atoms with Gasteiger partial charge in [-0.15, -0.1) is 0 Å². The van der Waals surface area contributed by atoms with Crippen LogP contribution < -0.4 is 10.2 Å². The third-order valence-corrected chi connectivity index (χ3v) is 4.89. The topological polar surface area (TPSA) is 84.4 Å². The number of alkyl halides is 3. The van der Waals surface area contributed by atoms with E-state index in [1.54, 1.807) is 18.5 Å². The number of aromatic nitrogens is 2. The van der Waals surface area contributed by atoms with Crippen molar-refractivity contribution < 1.29 is 27.5 Å². The molecule has 1 aromatic heterocycles. The van der Waals surface area contributed by atoms with E-state index >= 15 is 0 Å². The fraction of sp³-hybridized carbons (Fsp3) is 0.368. The molecule has 30 heavy (non-hydrogen) atoms. The average molecular weight is 443 g/mol. The molecule has 1 aromatic carbocycles. The zero-order valence-corrected chi connectivity index (χ0v) is 16.4. The van der Waals surface area contributed by atoms with E-state index in [1.165, 1.54) is 6.07 Å². The minimum absolute atomic E-state index is 0.0936. The van der Waals surface area contributed by atoms with E-state index in [-0.39, 0.29) is 11.6 Å². The van der Waals surface area contributed by atoms with E-state index < -0.39 is 35.2 Å². The second-order valence-electron chi connectivity index (χ2n) is 6.66. The van der Waals surface area contributed by atoms with Crippen molar-refractivity contribution >= 4 is 35.1 Å². The lowest BCUT2D eigenvalue weighted by Crippen LogP contribution is -2.38.